The zero-order chi connectivity index (χ0) is 73.7. The van der Waals surface area contributed by atoms with Crippen LogP contribution >= 0.6 is 0 Å². The Bertz CT molecular complexity index is 2880. The molecule has 2 aliphatic carbocycles. The number of alkyl halides is 4. The molecule has 99 heavy (non-hydrogen) atoms. The van der Waals surface area contributed by atoms with E-state index < -0.39 is 193 Å². The Morgan fingerprint density at radius 3 is 1.84 bits per heavy atom. The van der Waals surface area contributed by atoms with E-state index in [2.05, 4.69) is 16.0 Å². The lowest BCUT2D eigenvalue weighted by atomic mass is 9.78. The summed E-state index contributed by atoms with van der Waals surface area (Å²) in [6.07, 6.45) is -3.16. The summed E-state index contributed by atoms with van der Waals surface area (Å²) in [7, 11) is 8.37. The van der Waals surface area contributed by atoms with Gasteiger partial charge in [-0.1, -0.05) is 74.1 Å². The van der Waals surface area contributed by atoms with Gasteiger partial charge < -0.3 is 64.8 Å². The number of nitrogens with zero attached hydrogens (tertiary/aromatic N) is 9. The maximum atomic E-state index is 15.5. The fourth-order valence-electron chi connectivity index (χ4n) is 15.1. The Hall–Kier alpha value is -6.68. The summed E-state index contributed by atoms with van der Waals surface area (Å²) in [4.78, 5) is 190. The first-order valence-electron chi connectivity index (χ1n) is 36.2. The quantitative estimate of drug-likeness (QED) is 0.158. The Labute approximate surface area is 582 Å². The molecule has 12 amide bonds. The van der Waals surface area contributed by atoms with E-state index in [9.17, 15) is 46.7 Å². The Morgan fingerprint density at radius 2 is 1.26 bits per heavy atom. The van der Waals surface area contributed by atoms with E-state index in [4.69, 9.17) is 4.74 Å². The number of halogens is 4. The van der Waals surface area contributed by atoms with Crippen molar-refractivity contribution in [3.05, 3.63) is 0 Å². The third-order valence-corrected chi connectivity index (χ3v) is 22.2. The monoisotopic (exact) mass is 1410 g/mol. The lowest BCUT2D eigenvalue weighted by molar-refractivity contribution is -0.201. The molecule has 1 spiro atoms. The van der Waals surface area contributed by atoms with E-state index in [0.717, 1.165) is 16.2 Å². The summed E-state index contributed by atoms with van der Waals surface area (Å²) in [5, 5.41) is 8.66. The summed E-state index contributed by atoms with van der Waals surface area (Å²) < 4.78 is 62.6. The highest BCUT2D eigenvalue weighted by molar-refractivity contribution is 6.01. The highest BCUT2D eigenvalue weighted by Crippen LogP contribution is 2.43. The van der Waals surface area contributed by atoms with Gasteiger partial charge in [0.1, 0.15) is 66.1 Å². The Morgan fingerprint density at radius 1 is 0.626 bits per heavy atom. The van der Waals surface area contributed by atoms with Crippen LogP contribution in [0.5, 0.6) is 0 Å². The molecule has 6 fully saturated rings. The number of fused-ring (bicyclic) bond motifs is 2. The van der Waals surface area contributed by atoms with Gasteiger partial charge in [0.2, 0.25) is 70.9 Å². The molecule has 14 atom stereocenters. The molecule has 6 aliphatic rings. The van der Waals surface area contributed by atoms with Gasteiger partial charge in [0.15, 0.2) is 0 Å². The van der Waals surface area contributed by atoms with E-state index in [1.165, 1.54) is 78.6 Å². The first kappa shape index (κ1) is 81.3. The summed E-state index contributed by atoms with van der Waals surface area (Å²) in [6, 6.07) is -11.4. The SMILES string of the molecule is CCCOC[C@H]1C(=O)N(C)CC(=O)N[C@@H](CCC2CCC(C(F)(F)F)C(F)C2)C(=O)N2CCC[C@H]2C(=O)NC2(CCCC2)C(=O)N(C)[C@@H]([C@@H](C)CC)C(=O)N(C)[C@H](C(=O)N2CCCCC2)CC(=O)N(C)[C@@H](CC(C)C)C(=O)N[C@@H]([C@@H](C)CC)C(=O)N(C)[C@@H](C)C(=O)N2CC[C@H]2C(=O)N1C. The summed E-state index contributed by atoms with van der Waals surface area (Å²) in [5.41, 5.74) is -1.60. The van der Waals surface area contributed by atoms with Crippen molar-refractivity contribution in [2.45, 2.75) is 256 Å². The molecule has 25 nitrogen and oxygen atoms in total. The standard InChI is InChI=1S/C70H114F4N12O13/c1-15-36-99-41-54-63(93)78(9)40-55(87)75-49(28-26-46-25-27-47(48(71)38-46)70(72,73)74)62(92)85-34-23-24-50(85)60(90)77-69(30-19-20-31-69)68(98)83(14)58(44(7)17-3)67(97)81(12)53(65(95)84-32-21-18-22-33-84)39-56(88)80(11)52(37-42(4)5)59(89)76-57(43(6)16-2)66(96)79(10)45(8)61(91)86-35-29-51(86)64(94)82(54)13/h42-54,57-58H,15-41H2,1-14H3,(H,75,87)(H,76,89)(H,77,90)/t43-,44-,45-,46?,47?,48?,49-,50-,51-,52-,53-,54-,57-,58-/m0/s1. The minimum Gasteiger partial charge on any atom is -0.379 e. The molecule has 0 bridgehead atoms. The zero-order valence-electron chi connectivity index (χ0n) is 61.1. The molecule has 0 radical (unpaired) electrons. The van der Waals surface area contributed by atoms with Crippen LogP contribution in [0, 0.1) is 29.6 Å². The number of rotatable bonds is 14. The minimum absolute atomic E-state index is 0.00223. The molecule has 4 aliphatic heterocycles. The van der Waals surface area contributed by atoms with Crippen LogP contribution in [0.1, 0.15) is 184 Å². The smallest absolute Gasteiger partial charge is 0.379 e. The van der Waals surface area contributed by atoms with Crippen LogP contribution < -0.4 is 16.0 Å². The average Bonchev–Trinajstić information content (AvgIpc) is 0.916. The van der Waals surface area contributed by atoms with E-state index >= 15 is 28.4 Å². The van der Waals surface area contributed by atoms with E-state index in [1.807, 2.05) is 34.6 Å². The second kappa shape index (κ2) is 35.8. The van der Waals surface area contributed by atoms with E-state index in [0.29, 0.717) is 64.5 Å². The molecule has 0 aromatic rings. The number of hydrogen-bond acceptors (Lipinski definition) is 13. The third-order valence-electron chi connectivity index (χ3n) is 22.2. The highest BCUT2D eigenvalue weighted by Gasteiger charge is 2.53. The molecule has 2 saturated carbocycles. The molecule has 29 heteroatoms. The fourth-order valence-corrected chi connectivity index (χ4v) is 15.1. The predicted octanol–water partition coefficient (Wildman–Crippen LogP) is 4.67. The van der Waals surface area contributed by atoms with Crippen LogP contribution in [0.4, 0.5) is 17.6 Å². The third kappa shape index (κ3) is 19.5. The molecule has 3 N–H and O–H groups in total. The Kier molecular flexibility index (Phi) is 29.4. The van der Waals surface area contributed by atoms with Gasteiger partial charge in [0.05, 0.1) is 25.5 Å². The summed E-state index contributed by atoms with van der Waals surface area (Å²) in [5.74, 6) is -12.1. The van der Waals surface area contributed by atoms with Crippen LogP contribution in [0.15, 0.2) is 0 Å². The topological polar surface area (TPSA) is 279 Å². The van der Waals surface area contributed by atoms with Crippen molar-refractivity contribution < 1.29 is 79.8 Å². The van der Waals surface area contributed by atoms with Crippen molar-refractivity contribution in [1.29, 1.82) is 0 Å². The van der Waals surface area contributed by atoms with Crippen LogP contribution in [0.3, 0.4) is 0 Å². The van der Waals surface area contributed by atoms with Crippen LogP contribution in [0.25, 0.3) is 0 Å². The van der Waals surface area contributed by atoms with Gasteiger partial charge in [-0.2, -0.15) is 13.2 Å². The number of carbonyl (C=O) groups excluding carboxylic acids is 12. The van der Waals surface area contributed by atoms with Gasteiger partial charge in [-0.3, -0.25) is 57.5 Å². The van der Waals surface area contributed by atoms with Crippen LogP contribution in [-0.4, -0.2) is 275 Å². The van der Waals surface area contributed by atoms with Crippen LogP contribution in [-0.2, 0) is 62.3 Å². The number of ether oxygens (including phenoxy) is 1. The van der Waals surface area contributed by atoms with Gasteiger partial charge in [0.25, 0.3) is 0 Å². The summed E-state index contributed by atoms with van der Waals surface area (Å²) in [6.45, 7) is 14.2. The average molecular weight is 1410 g/mol. The van der Waals surface area contributed by atoms with Crippen molar-refractivity contribution >= 4 is 70.9 Å². The molecule has 4 saturated heterocycles. The molecule has 6 rings (SSSR count). The predicted molar refractivity (Wildman–Crippen MR) is 360 cm³/mol. The minimum atomic E-state index is -4.76. The summed E-state index contributed by atoms with van der Waals surface area (Å²) >= 11 is 0. The lowest BCUT2D eigenvalue weighted by Crippen LogP contribution is -2.65. The van der Waals surface area contributed by atoms with Crippen LogP contribution in [0.2, 0.25) is 0 Å². The molecular weight excluding hydrogens is 1290 g/mol. The number of piperidine rings is 1. The molecule has 3 unspecified atom stereocenters. The van der Waals surface area contributed by atoms with E-state index in [-0.39, 0.29) is 83.6 Å². The van der Waals surface area contributed by atoms with Gasteiger partial charge in [-0.25, -0.2) is 4.39 Å². The van der Waals surface area contributed by atoms with Crippen molar-refractivity contribution in [1.82, 2.24) is 60.0 Å². The molecule has 560 valence electrons. The van der Waals surface area contributed by atoms with Gasteiger partial charge >= 0.3 is 6.18 Å². The maximum absolute atomic E-state index is 15.5. The number of likely N-dealkylation sites (N-methyl/N-ethyl adjacent to an activating group) is 6. The van der Waals surface area contributed by atoms with E-state index in [1.54, 1.807) is 18.7 Å². The second-order valence-corrected chi connectivity index (χ2v) is 29.5. The molecule has 0 aromatic heterocycles. The number of nitrogens with one attached hydrogen (secondary N) is 3. The molecular formula is C70H114F4N12O13. The van der Waals surface area contributed by atoms with Crippen molar-refractivity contribution in [3.8, 4) is 0 Å². The highest BCUT2D eigenvalue weighted by atomic mass is 19.4. The Balaban J connectivity index is 1.42. The number of carbonyl (C=O) groups is 12. The zero-order valence-corrected chi connectivity index (χ0v) is 61.1. The van der Waals surface area contributed by atoms with Crippen molar-refractivity contribution in [3.63, 3.8) is 0 Å². The maximum Gasteiger partial charge on any atom is 0.394 e. The first-order chi connectivity index (χ1) is 46.6. The fraction of sp³-hybridized carbons (Fsp3) is 0.829. The number of amides is 12. The van der Waals surface area contributed by atoms with Crippen molar-refractivity contribution in [2.24, 2.45) is 29.6 Å². The van der Waals surface area contributed by atoms with Gasteiger partial charge in [-0.15, -0.1) is 0 Å². The normalized spacial score (nSPS) is 30.3. The number of hydrogen-bond donors (Lipinski definition) is 3. The number of likely N-dealkylation sites (tertiary alicyclic amines) is 1. The largest absolute Gasteiger partial charge is 0.394 e. The first-order valence-corrected chi connectivity index (χ1v) is 36.2. The molecule has 0 aromatic carbocycles. The second-order valence-electron chi connectivity index (χ2n) is 29.5. The van der Waals surface area contributed by atoms with Crippen molar-refractivity contribution in [2.75, 3.05) is 88.2 Å². The van der Waals surface area contributed by atoms with Gasteiger partial charge in [0, 0.05) is 75.1 Å². The molecule has 4 heterocycles. The van der Waals surface area contributed by atoms with Gasteiger partial charge in [-0.05, 0) is 127 Å². The lowest BCUT2D eigenvalue weighted by Gasteiger charge is -2.45.